The van der Waals surface area contributed by atoms with Gasteiger partial charge >= 0.3 is 0 Å². The standard InChI is InChI=1S/C15H24O2/c1-5-15(3,4)13-7-9-14(10-8-13)17-12-11-16-6-2/h7-10H,5-6,11-12H2,1-4H3. The van der Waals surface area contributed by atoms with E-state index in [2.05, 4.69) is 32.9 Å². The molecule has 1 rings (SSSR count). The Morgan fingerprint density at radius 2 is 1.65 bits per heavy atom. The number of hydrogen-bond acceptors (Lipinski definition) is 2. The van der Waals surface area contributed by atoms with Crippen molar-refractivity contribution in [2.75, 3.05) is 19.8 Å². The first kappa shape index (κ1) is 14.0. The highest BCUT2D eigenvalue weighted by Crippen LogP contribution is 2.27. The third-order valence-electron chi connectivity index (χ3n) is 3.22. The summed E-state index contributed by atoms with van der Waals surface area (Å²) in [5.41, 5.74) is 1.60. The van der Waals surface area contributed by atoms with Crippen molar-refractivity contribution in [3.63, 3.8) is 0 Å². The largest absolute Gasteiger partial charge is 0.491 e. The molecule has 96 valence electrons. The molecule has 0 aliphatic carbocycles. The highest BCUT2D eigenvalue weighted by atomic mass is 16.5. The average molecular weight is 236 g/mol. The first-order valence-corrected chi connectivity index (χ1v) is 6.41. The molecule has 1 aromatic rings. The van der Waals surface area contributed by atoms with Crippen LogP contribution in [0.2, 0.25) is 0 Å². The molecule has 1 aromatic carbocycles. The van der Waals surface area contributed by atoms with Gasteiger partial charge in [-0.05, 0) is 36.5 Å². The quantitative estimate of drug-likeness (QED) is 0.671. The zero-order chi connectivity index (χ0) is 12.7. The van der Waals surface area contributed by atoms with Gasteiger partial charge in [0.2, 0.25) is 0 Å². The van der Waals surface area contributed by atoms with E-state index in [0.29, 0.717) is 13.2 Å². The molecule has 0 fully saturated rings. The van der Waals surface area contributed by atoms with Crippen LogP contribution in [-0.2, 0) is 10.2 Å². The second-order valence-corrected chi connectivity index (χ2v) is 4.81. The maximum absolute atomic E-state index is 5.58. The van der Waals surface area contributed by atoms with Crippen LogP contribution in [-0.4, -0.2) is 19.8 Å². The predicted molar refractivity (Wildman–Crippen MR) is 71.7 cm³/mol. The first-order valence-electron chi connectivity index (χ1n) is 6.41. The van der Waals surface area contributed by atoms with Gasteiger partial charge in [0.15, 0.2) is 0 Å². The van der Waals surface area contributed by atoms with Gasteiger partial charge in [0.05, 0.1) is 6.61 Å². The molecule has 0 unspecified atom stereocenters. The lowest BCUT2D eigenvalue weighted by Gasteiger charge is -2.23. The minimum Gasteiger partial charge on any atom is -0.491 e. The van der Waals surface area contributed by atoms with E-state index in [-0.39, 0.29) is 5.41 Å². The summed E-state index contributed by atoms with van der Waals surface area (Å²) >= 11 is 0. The SMILES string of the molecule is CCOCCOc1ccc(C(C)(C)CC)cc1. The Morgan fingerprint density at radius 1 is 1.00 bits per heavy atom. The maximum Gasteiger partial charge on any atom is 0.119 e. The summed E-state index contributed by atoms with van der Waals surface area (Å²) in [6, 6.07) is 8.39. The van der Waals surface area contributed by atoms with Crippen LogP contribution in [0.1, 0.15) is 39.7 Å². The van der Waals surface area contributed by atoms with E-state index in [1.807, 2.05) is 19.1 Å². The summed E-state index contributed by atoms with van der Waals surface area (Å²) < 4.78 is 10.8. The first-order chi connectivity index (χ1) is 8.10. The van der Waals surface area contributed by atoms with Crippen molar-refractivity contribution >= 4 is 0 Å². The summed E-state index contributed by atoms with van der Waals surface area (Å²) in [7, 11) is 0. The normalized spacial score (nSPS) is 11.5. The minimum absolute atomic E-state index is 0.240. The molecule has 0 aromatic heterocycles. The van der Waals surface area contributed by atoms with Crippen molar-refractivity contribution in [3.05, 3.63) is 29.8 Å². The molecular formula is C15H24O2. The fourth-order valence-electron chi connectivity index (χ4n) is 1.57. The Kier molecular flexibility index (Phi) is 5.49. The molecule has 17 heavy (non-hydrogen) atoms. The average Bonchev–Trinajstić information content (AvgIpc) is 2.35. The van der Waals surface area contributed by atoms with E-state index < -0.39 is 0 Å². The molecule has 0 heterocycles. The highest BCUT2D eigenvalue weighted by molar-refractivity contribution is 5.31. The Labute approximate surface area is 105 Å². The lowest BCUT2D eigenvalue weighted by molar-refractivity contribution is 0.110. The number of benzene rings is 1. The molecule has 0 aliphatic heterocycles. The van der Waals surface area contributed by atoms with E-state index in [4.69, 9.17) is 9.47 Å². The monoisotopic (exact) mass is 236 g/mol. The zero-order valence-corrected chi connectivity index (χ0v) is 11.5. The van der Waals surface area contributed by atoms with Crippen molar-refractivity contribution in [1.29, 1.82) is 0 Å². The van der Waals surface area contributed by atoms with Gasteiger partial charge < -0.3 is 9.47 Å². The minimum atomic E-state index is 0.240. The summed E-state index contributed by atoms with van der Waals surface area (Å²) in [5.74, 6) is 0.917. The van der Waals surface area contributed by atoms with Crippen LogP contribution in [0, 0.1) is 0 Å². The highest BCUT2D eigenvalue weighted by Gasteiger charge is 2.17. The Bertz CT molecular complexity index is 314. The molecule has 0 spiro atoms. The lowest BCUT2D eigenvalue weighted by atomic mass is 9.82. The van der Waals surface area contributed by atoms with Crippen LogP contribution < -0.4 is 4.74 Å². The summed E-state index contributed by atoms with van der Waals surface area (Å²) in [4.78, 5) is 0. The lowest BCUT2D eigenvalue weighted by Crippen LogP contribution is -2.15. The van der Waals surface area contributed by atoms with Crippen LogP contribution in [0.4, 0.5) is 0 Å². The fourth-order valence-corrected chi connectivity index (χ4v) is 1.57. The van der Waals surface area contributed by atoms with Crippen LogP contribution in [0.15, 0.2) is 24.3 Å². The summed E-state index contributed by atoms with van der Waals surface area (Å²) in [6.45, 7) is 10.7. The molecule has 0 saturated heterocycles. The second kappa shape index (κ2) is 6.65. The molecule has 0 aliphatic rings. The van der Waals surface area contributed by atoms with E-state index in [9.17, 15) is 0 Å². The number of hydrogen-bond donors (Lipinski definition) is 0. The van der Waals surface area contributed by atoms with Crippen molar-refractivity contribution < 1.29 is 9.47 Å². The van der Waals surface area contributed by atoms with Gasteiger partial charge in [-0.25, -0.2) is 0 Å². The smallest absolute Gasteiger partial charge is 0.119 e. The fraction of sp³-hybridized carbons (Fsp3) is 0.600. The van der Waals surface area contributed by atoms with Crippen LogP contribution >= 0.6 is 0 Å². The topological polar surface area (TPSA) is 18.5 Å². The van der Waals surface area contributed by atoms with Crippen molar-refractivity contribution in [1.82, 2.24) is 0 Å². The molecule has 0 atom stereocenters. The third kappa shape index (κ3) is 4.39. The molecule has 0 N–H and O–H groups in total. The van der Waals surface area contributed by atoms with Crippen LogP contribution in [0.3, 0.4) is 0 Å². The Hall–Kier alpha value is -1.02. The van der Waals surface area contributed by atoms with Gasteiger partial charge in [-0.3, -0.25) is 0 Å². The second-order valence-electron chi connectivity index (χ2n) is 4.81. The maximum atomic E-state index is 5.58. The van der Waals surface area contributed by atoms with Crippen molar-refractivity contribution in [2.24, 2.45) is 0 Å². The van der Waals surface area contributed by atoms with Gasteiger partial charge in [-0.15, -0.1) is 0 Å². The third-order valence-corrected chi connectivity index (χ3v) is 3.22. The van der Waals surface area contributed by atoms with Crippen LogP contribution in [0.25, 0.3) is 0 Å². The van der Waals surface area contributed by atoms with Crippen LogP contribution in [0.5, 0.6) is 5.75 Å². The molecule has 0 amide bonds. The molecule has 2 heteroatoms. The predicted octanol–water partition coefficient (Wildman–Crippen LogP) is 3.79. The van der Waals surface area contributed by atoms with Gasteiger partial charge in [0, 0.05) is 6.61 Å². The van der Waals surface area contributed by atoms with Gasteiger partial charge in [-0.1, -0.05) is 32.9 Å². The van der Waals surface area contributed by atoms with Gasteiger partial charge in [0.1, 0.15) is 12.4 Å². The molecular weight excluding hydrogens is 212 g/mol. The summed E-state index contributed by atoms with van der Waals surface area (Å²) in [6.07, 6.45) is 1.14. The van der Waals surface area contributed by atoms with E-state index in [1.165, 1.54) is 5.56 Å². The van der Waals surface area contributed by atoms with Gasteiger partial charge in [0.25, 0.3) is 0 Å². The number of ether oxygens (including phenoxy) is 2. The van der Waals surface area contributed by atoms with E-state index in [1.54, 1.807) is 0 Å². The zero-order valence-electron chi connectivity index (χ0n) is 11.5. The van der Waals surface area contributed by atoms with Crippen molar-refractivity contribution in [2.45, 2.75) is 39.5 Å². The molecule has 0 saturated carbocycles. The van der Waals surface area contributed by atoms with E-state index >= 15 is 0 Å². The summed E-state index contributed by atoms with van der Waals surface area (Å²) in [5, 5.41) is 0. The van der Waals surface area contributed by atoms with Gasteiger partial charge in [-0.2, -0.15) is 0 Å². The Balaban J connectivity index is 2.50. The molecule has 0 bridgehead atoms. The Morgan fingerprint density at radius 3 is 2.18 bits per heavy atom. The van der Waals surface area contributed by atoms with E-state index in [0.717, 1.165) is 18.8 Å². The molecule has 0 radical (unpaired) electrons. The number of rotatable bonds is 7. The van der Waals surface area contributed by atoms with Crippen molar-refractivity contribution in [3.8, 4) is 5.75 Å². The molecule has 2 nitrogen and oxygen atoms in total.